The van der Waals surface area contributed by atoms with Crippen LogP contribution in [0.5, 0.6) is 0 Å². The van der Waals surface area contributed by atoms with Crippen molar-refractivity contribution in [3.63, 3.8) is 0 Å². The van der Waals surface area contributed by atoms with Crippen molar-refractivity contribution in [2.75, 3.05) is 19.7 Å². The lowest BCUT2D eigenvalue weighted by atomic mass is 10.2. The maximum absolute atomic E-state index is 11.6. The first-order valence-electron chi connectivity index (χ1n) is 6.35. The second-order valence-corrected chi connectivity index (χ2v) is 4.21. The summed E-state index contributed by atoms with van der Waals surface area (Å²) in [5.41, 5.74) is 0.479. The molecule has 0 aromatic carbocycles. The van der Waals surface area contributed by atoms with Crippen molar-refractivity contribution in [1.82, 2.24) is 4.90 Å². The minimum atomic E-state index is -0.364. The second kappa shape index (κ2) is 7.09. The van der Waals surface area contributed by atoms with Crippen LogP contribution in [0.25, 0.3) is 0 Å². The molecule has 0 saturated heterocycles. The van der Waals surface area contributed by atoms with Gasteiger partial charge in [-0.15, -0.1) is 0 Å². The Bertz CT molecular complexity index is 310. The van der Waals surface area contributed by atoms with E-state index in [1.807, 2.05) is 0 Å². The highest BCUT2D eigenvalue weighted by atomic mass is 16.5. The minimum absolute atomic E-state index is 0.0652. The number of hydrogen-bond donors (Lipinski definition) is 0. The third kappa shape index (κ3) is 4.21. The van der Waals surface area contributed by atoms with Gasteiger partial charge < -0.3 is 9.64 Å². The van der Waals surface area contributed by atoms with Gasteiger partial charge in [0, 0.05) is 12.6 Å². The van der Waals surface area contributed by atoms with Crippen molar-refractivity contribution in [3.05, 3.63) is 11.6 Å². The minimum Gasteiger partial charge on any atom is -0.463 e. The number of rotatable bonds is 7. The van der Waals surface area contributed by atoms with E-state index in [-0.39, 0.29) is 11.9 Å². The molecule has 0 saturated carbocycles. The first kappa shape index (κ1) is 13.7. The van der Waals surface area contributed by atoms with Crippen molar-refractivity contribution in [1.29, 1.82) is 0 Å². The van der Waals surface area contributed by atoms with E-state index in [1.54, 1.807) is 11.8 Å². The molecule has 0 aromatic rings. The summed E-state index contributed by atoms with van der Waals surface area (Å²) in [5.74, 6) is -0.429. The topological polar surface area (TPSA) is 46.6 Å². The molecule has 0 spiro atoms. The van der Waals surface area contributed by atoms with E-state index in [0.29, 0.717) is 18.7 Å². The average molecular weight is 239 g/mol. The van der Waals surface area contributed by atoms with E-state index in [9.17, 15) is 9.59 Å². The fourth-order valence-electron chi connectivity index (χ4n) is 1.84. The van der Waals surface area contributed by atoms with Gasteiger partial charge in [-0.2, -0.15) is 0 Å². The Morgan fingerprint density at radius 1 is 1.35 bits per heavy atom. The summed E-state index contributed by atoms with van der Waals surface area (Å²) in [6.45, 7) is 5.40. The molecule has 4 heteroatoms. The van der Waals surface area contributed by atoms with Gasteiger partial charge in [-0.1, -0.05) is 26.2 Å². The van der Waals surface area contributed by atoms with Gasteiger partial charge in [-0.25, -0.2) is 4.79 Å². The van der Waals surface area contributed by atoms with Gasteiger partial charge in [0.25, 0.3) is 0 Å². The smallest absolute Gasteiger partial charge is 0.336 e. The number of carbonyl (C=O) groups excluding carboxylic acids is 2. The number of nitrogens with zero attached hydrogens (tertiary/aromatic N) is 1. The van der Waals surface area contributed by atoms with Crippen LogP contribution in [0.4, 0.5) is 0 Å². The highest BCUT2D eigenvalue weighted by molar-refractivity contribution is 6.02. The van der Waals surface area contributed by atoms with Crippen LogP contribution in [0.1, 0.15) is 39.5 Å². The summed E-state index contributed by atoms with van der Waals surface area (Å²) in [6, 6.07) is 0. The van der Waals surface area contributed by atoms with Gasteiger partial charge in [0.15, 0.2) is 0 Å². The third-order valence-electron chi connectivity index (χ3n) is 2.79. The molecule has 1 aliphatic rings. The number of unbranched alkanes of at least 4 members (excludes halogenated alkanes) is 3. The predicted molar refractivity (Wildman–Crippen MR) is 65.4 cm³/mol. The molecular weight excluding hydrogens is 218 g/mol. The van der Waals surface area contributed by atoms with Gasteiger partial charge in [-0.3, -0.25) is 4.79 Å². The summed E-state index contributed by atoms with van der Waals surface area (Å²) in [6.07, 6.45) is 5.91. The third-order valence-corrected chi connectivity index (χ3v) is 2.79. The lowest BCUT2D eigenvalue weighted by Crippen LogP contribution is -2.28. The van der Waals surface area contributed by atoms with Crippen LogP contribution >= 0.6 is 0 Å². The molecule has 96 valence electrons. The molecule has 0 fully saturated rings. The Balaban J connectivity index is 2.33. The summed E-state index contributed by atoms with van der Waals surface area (Å²) >= 11 is 0. The van der Waals surface area contributed by atoms with Crippen LogP contribution in [0, 0.1) is 0 Å². The van der Waals surface area contributed by atoms with Crippen molar-refractivity contribution in [3.8, 4) is 0 Å². The molecule has 1 heterocycles. The predicted octanol–water partition coefficient (Wildman–Crippen LogP) is 1.90. The summed E-state index contributed by atoms with van der Waals surface area (Å²) < 4.78 is 4.88. The molecule has 17 heavy (non-hydrogen) atoms. The van der Waals surface area contributed by atoms with Crippen molar-refractivity contribution < 1.29 is 14.3 Å². The Kier molecular flexibility index (Phi) is 5.73. The number of ether oxygens (including phenoxy) is 1. The molecule has 0 aliphatic carbocycles. The molecule has 0 radical (unpaired) electrons. The normalized spacial score (nSPS) is 15.1. The first-order chi connectivity index (χ1) is 8.19. The van der Waals surface area contributed by atoms with E-state index < -0.39 is 0 Å². The van der Waals surface area contributed by atoms with Gasteiger partial charge in [0.2, 0.25) is 5.91 Å². The van der Waals surface area contributed by atoms with Crippen LogP contribution in [-0.4, -0.2) is 36.5 Å². The highest BCUT2D eigenvalue weighted by Gasteiger charge is 2.25. The zero-order valence-corrected chi connectivity index (χ0v) is 10.7. The molecule has 1 aliphatic heterocycles. The van der Waals surface area contributed by atoms with Crippen LogP contribution in [0.3, 0.4) is 0 Å². The van der Waals surface area contributed by atoms with Crippen LogP contribution in [0.15, 0.2) is 11.6 Å². The molecule has 0 bridgehead atoms. The van der Waals surface area contributed by atoms with Gasteiger partial charge >= 0.3 is 5.97 Å². The fourth-order valence-corrected chi connectivity index (χ4v) is 1.84. The summed E-state index contributed by atoms with van der Waals surface area (Å²) in [7, 11) is 0. The van der Waals surface area contributed by atoms with Gasteiger partial charge in [0.05, 0.1) is 18.7 Å². The lowest BCUT2D eigenvalue weighted by molar-refractivity contribution is -0.138. The second-order valence-electron chi connectivity index (χ2n) is 4.21. The van der Waals surface area contributed by atoms with Crippen LogP contribution < -0.4 is 0 Å². The molecular formula is C13H21NO3. The maximum Gasteiger partial charge on any atom is 0.336 e. The van der Waals surface area contributed by atoms with E-state index >= 15 is 0 Å². The monoisotopic (exact) mass is 239 g/mol. The van der Waals surface area contributed by atoms with Crippen LogP contribution in [0.2, 0.25) is 0 Å². The number of amides is 1. The largest absolute Gasteiger partial charge is 0.463 e. The average Bonchev–Trinajstić information content (AvgIpc) is 2.67. The number of hydrogen-bond acceptors (Lipinski definition) is 3. The fraction of sp³-hybridized carbons (Fsp3) is 0.692. The number of esters is 1. The highest BCUT2D eigenvalue weighted by Crippen LogP contribution is 2.13. The molecule has 0 N–H and O–H groups in total. The SMILES string of the molecule is CCCCCCN1CC(C(=O)OCC)=CC1=O. The molecule has 1 amide bonds. The zero-order valence-electron chi connectivity index (χ0n) is 10.7. The van der Waals surface area contributed by atoms with E-state index in [2.05, 4.69) is 6.92 Å². The van der Waals surface area contributed by atoms with E-state index in [4.69, 9.17) is 4.74 Å². The lowest BCUT2D eigenvalue weighted by Gasteiger charge is -2.15. The Hall–Kier alpha value is -1.32. The molecule has 0 aromatic heterocycles. The van der Waals surface area contributed by atoms with Crippen LogP contribution in [-0.2, 0) is 14.3 Å². The van der Waals surface area contributed by atoms with Gasteiger partial charge in [-0.05, 0) is 13.3 Å². The first-order valence-corrected chi connectivity index (χ1v) is 6.35. The Morgan fingerprint density at radius 2 is 2.12 bits per heavy atom. The Morgan fingerprint density at radius 3 is 2.76 bits per heavy atom. The maximum atomic E-state index is 11.6. The van der Waals surface area contributed by atoms with Crippen molar-refractivity contribution in [2.45, 2.75) is 39.5 Å². The number of carbonyl (C=O) groups is 2. The van der Waals surface area contributed by atoms with E-state index in [0.717, 1.165) is 19.4 Å². The molecule has 0 atom stereocenters. The molecule has 4 nitrogen and oxygen atoms in total. The summed E-state index contributed by atoms with van der Waals surface area (Å²) in [5, 5.41) is 0. The summed E-state index contributed by atoms with van der Waals surface area (Å²) in [4.78, 5) is 24.8. The zero-order chi connectivity index (χ0) is 12.7. The van der Waals surface area contributed by atoms with E-state index in [1.165, 1.54) is 18.9 Å². The standard InChI is InChI=1S/C13H21NO3/c1-3-5-6-7-8-14-10-11(9-12(14)15)13(16)17-4-2/h9H,3-8,10H2,1-2H3. The molecule has 1 rings (SSSR count). The van der Waals surface area contributed by atoms with Crippen molar-refractivity contribution in [2.24, 2.45) is 0 Å². The quantitative estimate of drug-likeness (QED) is 0.503. The Labute approximate surface area is 103 Å². The van der Waals surface area contributed by atoms with Crippen molar-refractivity contribution >= 4 is 11.9 Å². The van der Waals surface area contributed by atoms with Gasteiger partial charge in [0.1, 0.15) is 0 Å². The molecule has 0 unspecified atom stereocenters.